The maximum atomic E-state index is 12.5. The number of amides is 1. The van der Waals surface area contributed by atoms with Gasteiger partial charge in [-0.3, -0.25) is 9.10 Å². The number of carbonyl (C=O) groups excluding carboxylic acids is 1. The topological polar surface area (TPSA) is 66.5 Å². The van der Waals surface area contributed by atoms with Crippen LogP contribution >= 0.6 is 35.0 Å². The first-order valence-electron chi connectivity index (χ1n) is 11.0. The lowest BCUT2D eigenvalue weighted by Crippen LogP contribution is -2.30. The summed E-state index contributed by atoms with van der Waals surface area (Å²) in [4.78, 5) is 12.5. The lowest BCUT2D eigenvalue weighted by Gasteiger charge is -2.25. The number of anilines is 1. The standard InChI is InChI=1S/C26H28Cl2N2O3S2/c1-18-4-5-19(2)25(14-18)30(35(3,32)33)16-20-6-9-22(10-7-20)26(31)29-12-13-34-17-21-8-11-23(27)24(28)15-21/h4-11,14-15H,12-13,16-17H2,1-3H3,(H,29,31). The quantitative estimate of drug-likeness (QED) is 0.303. The molecule has 1 N–H and O–H groups in total. The second-order valence-electron chi connectivity index (χ2n) is 8.31. The van der Waals surface area contributed by atoms with E-state index in [9.17, 15) is 13.2 Å². The van der Waals surface area contributed by atoms with Crippen molar-refractivity contribution in [2.24, 2.45) is 0 Å². The van der Waals surface area contributed by atoms with Crippen molar-refractivity contribution in [2.75, 3.05) is 22.9 Å². The number of nitrogens with one attached hydrogen (secondary N) is 1. The highest BCUT2D eigenvalue weighted by molar-refractivity contribution is 7.98. The molecule has 0 atom stereocenters. The van der Waals surface area contributed by atoms with Gasteiger partial charge in [0.2, 0.25) is 10.0 Å². The molecule has 0 aromatic heterocycles. The molecule has 0 spiro atoms. The third-order valence-electron chi connectivity index (χ3n) is 5.36. The molecule has 0 aliphatic carbocycles. The molecule has 3 aromatic carbocycles. The van der Waals surface area contributed by atoms with E-state index in [4.69, 9.17) is 23.2 Å². The van der Waals surface area contributed by atoms with E-state index in [1.54, 1.807) is 42.1 Å². The monoisotopic (exact) mass is 550 g/mol. The highest BCUT2D eigenvalue weighted by Crippen LogP contribution is 2.26. The number of thioether (sulfide) groups is 1. The first kappa shape index (κ1) is 27.4. The minimum Gasteiger partial charge on any atom is -0.351 e. The molecule has 0 fully saturated rings. The summed E-state index contributed by atoms with van der Waals surface area (Å²) < 4.78 is 26.4. The summed E-state index contributed by atoms with van der Waals surface area (Å²) >= 11 is 13.7. The molecule has 1 amide bonds. The molecular weight excluding hydrogens is 523 g/mol. The van der Waals surface area contributed by atoms with E-state index in [1.807, 2.05) is 44.2 Å². The van der Waals surface area contributed by atoms with Gasteiger partial charge in [-0.25, -0.2) is 8.42 Å². The Balaban J connectivity index is 1.54. The van der Waals surface area contributed by atoms with Gasteiger partial charge >= 0.3 is 0 Å². The van der Waals surface area contributed by atoms with Gasteiger partial charge in [0.1, 0.15) is 0 Å². The summed E-state index contributed by atoms with van der Waals surface area (Å²) in [5.74, 6) is 1.36. The molecule has 35 heavy (non-hydrogen) atoms. The molecule has 0 unspecified atom stereocenters. The first-order valence-corrected chi connectivity index (χ1v) is 14.7. The Bertz CT molecular complexity index is 1300. The van der Waals surface area contributed by atoms with Crippen LogP contribution in [0.1, 0.15) is 32.6 Å². The normalized spacial score (nSPS) is 11.3. The number of carbonyl (C=O) groups is 1. The fourth-order valence-corrected chi connectivity index (χ4v) is 5.52. The molecule has 3 aromatic rings. The molecule has 0 radical (unpaired) electrons. The number of hydrogen-bond acceptors (Lipinski definition) is 4. The van der Waals surface area contributed by atoms with Crippen LogP contribution in [-0.2, 0) is 22.3 Å². The van der Waals surface area contributed by atoms with Crippen molar-refractivity contribution in [3.8, 4) is 0 Å². The number of nitrogens with zero attached hydrogens (tertiary/aromatic N) is 1. The van der Waals surface area contributed by atoms with E-state index in [1.165, 1.54) is 10.6 Å². The van der Waals surface area contributed by atoms with Gasteiger partial charge in [0, 0.05) is 23.6 Å². The van der Waals surface area contributed by atoms with Crippen LogP contribution in [0.4, 0.5) is 5.69 Å². The van der Waals surface area contributed by atoms with Crippen LogP contribution < -0.4 is 9.62 Å². The Morgan fingerprint density at radius 3 is 2.29 bits per heavy atom. The number of hydrogen-bond donors (Lipinski definition) is 1. The number of benzene rings is 3. The molecule has 0 bridgehead atoms. The van der Waals surface area contributed by atoms with Crippen LogP contribution in [0.15, 0.2) is 60.7 Å². The Hall–Kier alpha value is -2.19. The smallest absolute Gasteiger partial charge is 0.251 e. The predicted molar refractivity (Wildman–Crippen MR) is 148 cm³/mol. The Labute approximate surface area is 221 Å². The van der Waals surface area contributed by atoms with Gasteiger partial charge in [-0.2, -0.15) is 11.8 Å². The molecule has 0 aliphatic heterocycles. The third kappa shape index (κ3) is 7.90. The molecule has 0 heterocycles. The van der Waals surface area contributed by atoms with Crippen LogP contribution in [-0.4, -0.2) is 32.9 Å². The lowest BCUT2D eigenvalue weighted by molar-refractivity contribution is 0.0956. The highest BCUT2D eigenvalue weighted by atomic mass is 35.5. The minimum atomic E-state index is -3.49. The van der Waals surface area contributed by atoms with Crippen LogP contribution in [0.25, 0.3) is 0 Å². The van der Waals surface area contributed by atoms with Crippen molar-refractivity contribution in [3.05, 3.63) is 98.5 Å². The number of sulfonamides is 1. The van der Waals surface area contributed by atoms with Gasteiger partial charge in [-0.15, -0.1) is 0 Å². The largest absolute Gasteiger partial charge is 0.351 e. The summed E-state index contributed by atoms with van der Waals surface area (Å²) in [6.07, 6.45) is 1.20. The van der Waals surface area contributed by atoms with Gasteiger partial charge in [0.15, 0.2) is 0 Å². The highest BCUT2D eigenvalue weighted by Gasteiger charge is 2.20. The van der Waals surface area contributed by atoms with Gasteiger partial charge in [0.05, 0.1) is 28.5 Å². The Kier molecular flexibility index (Phi) is 9.53. The molecule has 0 saturated heterocycles. The Morgan fingerprint density at radius 2 is 1.63 bits per heavy atom. The van der Waals surface area contributed by atoms with E-state index >= 15 is 0 Å². The number of rotatable bonds is 10. The van der Waals surface area contributed by atoms with Crippen molar-refractivity contribution in [3.63, 3.8) is 0 Å². The van der Waals surface area contributed by atoms with Crippen LogP contribution in [0.5, 0.6) is 0 Å². The summed E-state index contributed by atoms with van der Waals surface area (Å²) in [6, 6.07) is 18.3. The third-order valence-corrected chi connectivity index (χ3v) is 8.26. The first-order chi connectivity index (χ1) is 16.5. The molecule has 9 heteroatoms. The SMILES string of the molecule is Cc1ccc(C)c(N(Cc2ccc(C(=O)NCCSCc3ccc(Cl)c(Cl)c3)cc2)S(C)(=O)=O)c1. The van der Waals surface area contributed by atoms with Crippen LogP contribution in [0, 0.1) is 13.8 Å². The van der Waals surface area contributed by atoms with E-state index < -0.39 is 10.0 Å². The predicted octanol–water partition coefficient (Wildman–Crippen LogP) is 6.24. The maximum absolute atomic E-state index is 12.5. The second kappa shape index (κ2) is 12.2. The van der Waals surface area contributed by atoms with E-state index in [0.29, 0.717) is 27.8 Å². The van der Waals surface area contributed by atoms with Gasteiger partial charge in [0.25, 0.3) is 5.91 Å². The molecular formula is C26H28Cl2N2O3S2. The summed E-state index contributed by atoms with van der Waals surface area (Å²) in [7, 11) is -3.49. The average molecular weight is 552 g/mol. The molecule has 5 nitrogen and oxygen atoms in total. The van der Waals surface area contributed by atoms with Crippen LogP contribution in [0.3, 0.4) is 0 Å². The minimum absolute atomic E-state index is 0.166. The van der Waals surface area contributed by atoms with E-state index in [-0.39, 0.29) is 12.5 Å². The Morgan fingerprint density at radius 1 is 0.943 bits per heavy atom. The number of halogens is 2. The maximum Gasteiger partial charge on any atom is 0.251 e. The number of aryl methyl sites for hydroxylation is 2. The van der Waals surface area contributed by atoms with E-state index in [0.717, 1.165) is 33.8 Å². The molecule has 0 saturated carbocycles. The zero-order valence-corrected chi connectivity index (χ0v) is 23.0. The average Bonchev–Trinajstić information content (AvgIpc) is 2.81. The second-order valence-corrected chi connectivity index (χ2v) is 12.1. The zero-order chi connectivity index (χ0) is 25.6. The lowest BCUT2D eigenvalue weighted by atomic mass is 10.1. The van der Waals surface area contributed by atoms with E-state index in [2.05, 4.69) is 5.32 Å². The zero-order valence-electron chi connectivity index (χ0n) is 19.8. The van der Waals surface area contributed by atoms with Gasteiger partial charge < -0.3 is 5.32 Å². The fourth-order valence-electron chi connectivity index (χ4n) is 3.45. The van der Waals surface area contributed by atoms with Gasteiger partial charge in [-0.05, 0) is 66.4 Å². The fraction of sp³-hybridized carbons (Fsp3) is 0.269. The molecule has 0 aliphatic rings. The van der Waals surface area contributed by atoms with Crippen molar-refractivity contribution in [1.82, 2.24) is 5.32 Å². The summed E-state index contributed by atoms with van der Waals surface area (Å²) in [6.45, 7) is 4.54. The van der Waals surface area contributed by atoms with Crippen molar-refractivity contribution in [1.29, 1.82) is 0 Å². The molecule has 3 rings (SSSR count). The van der Waals surface area contributed by atoms with Crippen molar-refractivity contribution >= 4 is 56.6 Å². The van der Waals surface area contributed by atoms with Gasteiger partial charge in [-0.1, -0.05) is 53.5 Å². The summed E-state index contributed by atoms with van der Waals surface area (Å²) in [5, 5.41) is 3.99. The molecule has 186 valence electrons. The summed E-state index contributed by atoms with van der Waals surface area (Å²) in [5.41, 5.74) is 4.93. The van der Waals surface area contributed by atoms with Crippen LogP contribution in [0.2, 0.25) is 10.0 Å². The van der Waals surface area contributed by atoms with Crippen molar-refractivity contribution in [2.45, 2.75) is 26.1 Å². The van der Waals surface area contributed by atoms with Crippen molar-refractivity contribution < 1.29 is 13.2 Å².